The molecule has 1 unspecified atom stereocenters. The van der Waals surface area contributed by atoms with E-state index in [2.05, 4.69) is 48.9 Å². The Bertz CT molecular complexity index is 810. The number of carbonyl (C=O) groups is 1. The van der Waals surface area contributed by atoms with Crippen molar-refractivity contribution in [2.75, 3.05) is 26.2 Å². The van der Waals surface area contributed by atoms with Crippen molar-refractivity contribution in [2.45, 2.75) is 65.6 Å². The molecule has 2 aromatic rings. The predicted octanol–water partition coefficient (Wildman–Crippen LogP) is 4.53. The van der Waals surface area contributed by atoms with E-state index in [1.165, 1.54) is 16.5 Å². The largest absolute Gasteiger partial charge is 0.427 e. The van der Waals surface area contributed by atoms with Crippen LogP contribution < -0.4 is 0 Å². The van der Waals surface area contributed by atoms with Gasteiger partial charge in [-0.2, -0.15) is 0 Å². The lowest BCUT2D eigenvalue weighted by Crippen LogP contribution is -2.39. The van der Waals surface area contributed by atoms with Crippen molar-refractivity contribution < 1.29 is 14.3 Å². The lowest BCUT2D eigenvalue weighted by molar-refractivity contribution is -0.247. The van der Waals surface area contributed by atoms with Gasteiger partial charge in [0.05, 0.1) is 12.3 Å². The summed E-state index contributed by atoms with van der Waals surface area (Å²) in [5.74, 6) is -1.18. The fourth-order valence-corrected chi connectivity index (χ4v) is 4.26. The van der Waals surface area contributed by atoms with Crippen LogP contribution in [0, 0.1) is 0 Å². The van der Waals surface area contributed by atoms with Crippen LogP contribution in [0.1, 0.15) is 63.8 Å². The van der Waals surface area contributed by atoms with Gasteiger partial charge in [0.2, 0.25) is 0 Å². The molecule has 0 fully saturated rings. The van der Waals surface area contributed by atoms with Crippen LogP contribution in [-0.4, -0.2) is 42.1 Å². The van der Waals surface area contributed by atoms with Crippen LogP contribution in [0.25, 0.3) is 10.9 Å². The van der Waals surface area contributed by atoms with Crippen LogP contribution in [0.4, 0.5) is 0 Å². The number of aromatic nitrogens is 1. The monoisotopic (exact) mass is 386 g/mol. The second-order valence-electron chi connectivity index (χ2n) is 7.48. The number of H-pyrrole nitrogens is 1. The van der Waals surface area contributed by atoms with E-state index in [-0.39, 0.29) is 5.97 Å². The summed E-state index contributed by atoms with van der Waals surface area (Å²) < 4.78 is 12.1. The van der Waals surface area contributed by atoms with Crippen molar-refractivity contribution >= 4 is 16.9 Å². The van der Waals surface area contributed by atoms with Gasteiger partial charge in [-0.25, -0.2) is 0 Å². The van der Waals surface area contributed by atoms with E-state index < -0.39 is 5.79 Å². The maximum Gasteiger partial charge on any atom is 0.308 e. The summed E-state index contributed by atoms with van der Waals surface area (Å²) >= 11 is 0. The fourth-order valence-electron chi connectivity index (χ4n) is 4.26. The van der Waals surface area contributed by atoms with E-state index in [1.54, 1.807) is 0 Å². The standard InChI is InChI=1S/C23H34N2O3/c1-5-17-11-9-12-18-19-14-16-27-23(6-2,22(19)24-21(17)18)28-20(26)13-10-15-25(7-3)8-4/h9,11-12,24H,5-8,10,13-16H2,1-4H3. The summed E-state index contributed by atoms with van der Waals surface area (Å²) in [4.78, 5) is 18.5. The number of aryl methyl sites for hydroxylation is 1. The number of fused-ring (bicyclic) bond motifs is 3. The first kappa shape index (κ1) is 20.9. The molecule has 1 atom stereocenters. The maximum absolute atomic E-state index is 12.6. The second-order valence-corrected chi connectivity index (χ2v) is 7.48. The minimum atomic E-state index is -0.996. The Kier molecular flexibility index (Phi) is 6.78. The van der Waals surface area contributed by atoms with Gasteiger partial charge in [-0.1, -0.05) is 45.9 Å². The number of aromatic amines is 1. The third-order valence-corrected chi connectivity index (χ3v) is 5.97. The third-order valence-electron chi connectivity index (χ3n) is 5.97. The van der Waals surface area contributed by atoms with E-state index in [1.807, 2.05) is 6.92 Å². The molecule has 3 rings (SSSR count). The summed E-state index contributed by atoms with van der Waals surface area (Å²) in [5, 5.41) is 1.23. The zero-order valence-corrected chi connectivity index (χ0v) is 17.8. The van der Waals surface area contributed by atoms with Crippen LogP contribution in [0.2, 0.25) is 0 Å². The van der Waals surface area contributed by atoms with E-state index in [0.717, 1.165) is 50.1 Å². The number of carbonyl (C=O) groups excluding carboxylic acids is 1. The van der Waals surface area contributed by atoms with Crippen LogP contribution in [0.3, 0.4) is 0 Å². The average molecular weight is 387 g/mol. The highest BCUT2D eigenvalue weighted by Gasteiger charge is 2.42. The number of rotatable bonds is 9. The van der Waals surface area contributed by atoms with Gasteiger partial charge in [0.1, 0.15) is 0 Å². The topological polar surface area (TPSA) is 54.6 Å². The van der Waals surface area contributed by atoms with Crippen molar-refractivity contribution in [3.8, 4) is 0 Å². The quantitative estimate of drug-likeness (QED) is 0.643. The average Bonchev–Trinajstić information content (AvgIpc) is 3.11. The van der Waals surface area contributed by atoms with Crippen LogP contribution in [0.5, 0.6) is 0 Å². The summed E-state index contributed by atoms with van der Waals surface area (Å²) in [7, 11) is 0. The molecule has 1 aliphatic rings. The minimum absolute atomic E-state index is 0.184. The summed E-state index contributed by atoms with van der Waals surface area (Å²) in [6.45, 7) is 12.0. The molecule has 5 nitrogen and oxygen atoms in total. The molecule has 28 heavy (non-hydrogen) atoms. The van der Waals surface area contributed by atoms with E-state index in [4.69, 9.17) is 9.47 Å². The predicted molar refractivity (Wildman–Crippen MR) is 112 cm³/mol. The Balaban J connectivity index is 1.82. The summed E-state index contributed by atoms with van der Waals surface area (Å²) in [6.07, 6.45) is 3.61. The lowest BCUT2D eigenvalue weighted by Gasteiger charge is -2.35. The molecule has 0 aliphatic carbocycles. The van der Waals surface area contributed by atoms with Crippen molar-refractivity contribution in [2.24, 2.45) is 0 Å². The molecule has 154 valence electrons. The Morgan fingerprint density at radius 3 is 2.71 bits per heavy atom. The van der Waals surface area contributed by atoms with Gasteiger partial charge in [-0.3, -0.25) is 4.79 Å². The van der Waals surface area contributed by atoms with Gasteiger partial charge in [0, 0.05) is 23.7 Å². The molecule has 1 N–H and O–H groups in total. The number of para-hydroxylation sites is 1. The number of nitrogens with one attached hydrogen (secondary N) is 1. The van der Waals surface area contributed by atoms with Crippen molar-refractivity contribution in [3.05, 3.63) is 35.0 Å². The molecule has 0 bridgehead atoms. The Hall–Kier alpha value is -1.85. The van der Waals surface area contributed by atoms with Gasteiger partial charge in [-0.05, 0) is 50.0 Å². The highest BCUT2D eigenvalue weighted by Crippen LogP contribution is 2.41. The van der Waals surface area contributed by atoms with Gasteiger partial charge in [0.25, 0.3) is 5.79 Å². The highest BCUT2D eigenvalue weighted by atomic mass is 16.7. The first-order chi connectivity index (χ1) is 13.6. The number of hydrogen-bond donors (Lipinski definition) is 1. The normalized spacial score (nSPS) is 19.2. The molecule has 0 amide bonds. The van der Waals surface area contributed by atoms with Crippen LogP contribution in [0.15, 0.2) is 18.2 Å². The zero-order valence-electron chi connectivity index (χ0n) is 17.8. The second kappa shape index (κ2) is 9.10. The first-order valence-corrected chi connectivity index (χ1v) is 10.8. The number of nitrogens with zero attached hydrogens (tertiary/aromatic N) is 1. The number of hydrogen-bond acceptors (Lipinski definition) is 4. The van der Waals surface area contributed by atoms with Crippen molar-refractivity contribution in [3.63, 3.8) is 0 Å². The maximum atomic E-state index is 12.6. The van der Waals surface area contributed by atoms with E-state index >= 15 is 0 Å². The van der Waals surface area contributed by atoms with Crippen molar-refractivity contribution in [1.82, 2.24) is 9.88 Å². The van der Waals surface area contributed by atoms with Crippen LogP contribution in [-0.2, 0) is 32.9 Å². The summed E-state index contributed by atoms with van der Waals surface area (Å²) in [5.41, 5.74) is 4.59. The minimum Gasteiger partial charge on any atom is -0.427 e. The Morgan fingerprint density at radius 1 is 1.25 bits per heavy atom. The van der Waals surface area contributed by atoms with Crippen LogP contribution >= 0.6 is 0 Å². The van der Waals surface area contributed by atoms with E-state index in [0.29, 0.717) is 19.4 Å². The molecule has 1 aromatic heterocycles. The molecular formula is C23H34N2O3. The molecular weight excluding hydrogens is 352 g/mol. The SMILES string of the molecule is CCc1cccc2c3c([nH]c12)C(CC)(OC(=O)CCCN(CC)CC)OCC3. The number of benzene rings is 1. The van der Waals surface area contributed by atoms with Gasteiger partial charge in [-0.15, -0.1) is 0 Å². The Morgan fingerprint density at radius 2 is 2.04 bits per heavy atom. The molecule has 1 aromatic carbocycles. The molecule has 0 radical (unpaired) electrons. The lowest BCUT2D eigenvalue weighted by atomic mass is 9.97. The van der Waals surface area contributed by atoms with Gasteiger partial charge in [0.15, 0.2) is 0 Å². The smallest absolute Gasteiger partial charge is 0.308 e. The molecule has 0 spiro atoms. The zero-order chi connectivity index (χ0) is 20.1. The van der Waals surface area contributed by atoms with Gasteiger partial charge >= 0.3 is 5.97 Å². The third kappa shape index (κ3) is 3.96. The highest BCUT2D eigenvalue weighted by molar-refractivity contribution is 5.88. The molecule has 0 saturated heterocycles. The number of esters is 1. The van der Waals surface area contributed by atoms with Gasteiger partial charge < -0.3 is 19.4 Å². The van der Waals surface area contributed by atoms with E-state index in [9.17, 15) is 4.79 Å². The van der Waals surface area contributed by atoms with Crippen molar-refractivity contribution in [1.29, 1.82) is 0 Å². The first-order valence-electron chi connectivity index (χ1n) is 10.8. The summed E-state index contributed by atoms with van der Waals surface area (Å²) in [6, 6.07) is 6.41. The Labute approximate surface area is 168 Å². The molecule has 1 aliphatic heterocycles. The molecule has 0 saturated carbocycles. The molecule has 2 heterocycles. The molecule has 5 heteroatoms. The fraction of sp³-hybridized carbons (Fsp3) is 0.609. The number of ether oxygens (including phenoxy) is 2.